The number of unbranched alkanes of at least 4 members (excludes halogenated alkanes) is 15. The van der Waals surface area contributed by atoms with E-state index in [1.54, 1.807) is 5.57 Å². The molecule has 0 amide bonds. The summed E-state index contributed by atoms with van der Waals surface area (Å²) in [6.45, 7) is 18.5. The van der Waals surface area contributed by atoms with Gasteiger partial charge in [-0.3, -0.25) is 0 Å². The molecule has 0 nitrogen and oxygen atoms in total. The van der Waals surface area contributed by atoms with Crippen molar-refractivity contribution in [1.29, 1.82) is 0 Å². The molecule has 1 unspecified atom stereocenters. The van der Waals surface area contributed by atoms with Crippen LogP contribution in [-0.2, 0) is 36.5 Å². The zero-order chi connectivity index (χ0) is 68.7. The lowest BCUT2D eigenvalue weighted by Crippen LogP contribution is -2.30. The molecule has 516 valence electrons. The van der Waals surface area contributed by atoms with Gasteiger partial charge in [0.15, 0.2) is 0 Å². The van der Waals surface area contributed by atoms with Crippen LogP contribution in [0.2, 0.25) is 0 Å². The zero-order valence-electron chi connectivity index (χ0n) is 61.0. The molecule has 100 heavy (non-hydrogen) atoms. The van der Waals surface area contributed by atoms with Crippen LogP contribution < -0.4 is 0 Å². The molecule has 1 atom stereocenters. The largest absolute Gasteiger partial charge is 0.140 e. The Morgan fingerprint density at radius 2 is 0.740 bits per heavy atom. The number of fused-ring (bicyclic) bond motifs is 6. The predicted octanol–water partition coefficient (Wildman–Crippen LogP) is 30.6. The summed E-state index contributed by atoms with van der Waals surface area (Å²) in [7, 11) is 0. The molecular weight excluding hydrogens is 1320 g/mol. The van der Waals surface area contributed by atoms with Crippen LogP contribution in [0.15, 0.2) is 175 Å². The lowest BCUT2D eigenvalue weighted by atomic mass is 9.65. The van der Waals surface area contributed by atoms with Gasteiger partial charge in [-0.2, -0.15) is 0 Å². The van der Waals surface area contributed by atoms with E-state index < -0.39 is 10.8 Å². The normalized spacial score (nSPS) is 15.0. The fourth-order valence-electron chi connectivity index (χ4n) is 16.8. The lowest BCUT2D eigenvalue weighted by Gasteiger charge is -2.35. The molecule has 0 saturated heterocycles. The lowest BCUT2D eigenvalue weighted by molar-refractivity contribution is 0.662. The van der Waals surface area contributed by atoms with Crippen LogP contribution in [0.25, 0.3) is 66.2 Å². The molecule has 3 aliphatic carbocycles. The monoisotopic (exact) mass is 1420 g/mol. The van der Waals surface area contributed by atoms with E-state index in [1.807, 2.05) is 68.0 Å². The van der Waals surface area contributed by atoms with Crippen molar-refractivity contribution in [1.82, 2.24) is 0 Å². The van der Waals surface area contributed by atoms with Gasteiger partial charge in [-0.1, -0.05) is 251 Å². The Kier molecular flexibility index (Phi) is 22.8. The quantitative estimate of drug-likeness (QED) is 0.0353. The molecule has 6 heteroatoms. The average molecular weight is 1430 g/mol. The Hall–Kier alpha value is -6.22. The maximum atomic E-state index is 2.74. The first-order valence-electron chi connectivity index (χ1n) is 38.7. The van der Waals surface area contributed by atoms with E-state index in [9.17, 15) is 0 Å². The highest BCUT2D eigenvalue weighted by molar-refractivity contribution is 7.29. The molecule has 0 aliphatic heterocycles. The standard InChI is InChI=1S/C94H104S6/c1-9-14-19-24-29-66-37-46-72(47-38-66)93(71-44-34-63(6)35-45-71)80-59-78-81(58-77(80)90-82(93)56-64(7)95-90)94(73-48-39-67(40-49-73)30-25-20-15-10-2,74-50-41-68(42-51-74)31-26-21-16-11-3)83-62-89(99-91(78)83)85-54-55-86(98-85)92-79(84-53-52-75(97-84)33-28-23-18-13-5)61-88(100-92)87-60-76(65(8)96-87)70-43-36-69(57-70)32-27-22-17-12-4/h34-56,58-62H,9-33,57H2,1-8H3. The van der Waals surface area contributed by atoms with Crippen LogP contribution in [0, 0.1) is 20.8 Å². The van der Waals surface area contributed by atoms with Crippen LogP contribution in [-0.4, -0.2) is 0 Å². The van der Waals surface area contributed by atoms with Crippen molar-refractivity contribution in [3.05, 3.63) is 262 Å². The topological polar surface area (TPSA) is 0 Å². The summed E-state index contributed by atoms with van der Waals surface area (Å²) in [5, 5.41) is 0. The van der Waals surface area contributed by atoms with Gasteiger partial charge >= 0.3 is 0 Å². The molecule has 5 aromatic carbocycles. The van der Waals surface area contributed by atoms with Crippen molar-refractivity contribution >= 4 is 73.6 Å². The Morgan fingerprint density at radius 1 is 0.300 bits per heavy atom. The molecule has 0 spiro atoms. The van der Waals surface area contributed by atoms with Crippen LogP contribution in [0.3, 0.4) is 0 Å². The van der Waals surface area contributed by atoms with E-state index in [0.717, 1.165) is 32.1 Å². The Bertz CT molecular complexity index is 4570. The van der Waals surface area contributed by atoms with Crippen LogP contribution >= 0.6 is 68.0 Å². The Balaban J connectivity index is 0.931. The second kappa shape index (κ2) is 32.2. The van der Waals surface area contributed by atoms with Crippen molar-refractivity contribution in [2.75, 3.05) is 0 Å². The summed E-state index contributed by atoms with van der Waals surface area (Å²) in [4.78, 5) is 16.8. The molecule has 0 N–H and O–H groups in total. The van der Waals surface area contributed by atoms with Gasteiger partial charge in [0, 0.05) is 59.2 Å². The molecule has 14 rings (SSSR count). The van der Waals surface area contributed by atoms with Crippen LogP contribution in [0.1, 0.15) is 263 Å². The number of aryl methyl sites for hydroxylation is 7. The Morgan fingerprint density at radius 3 is 1.28 bits per heavy atom. The number of benzene rings is 5. The summed E-state index contributed by atoms with van der Waals surface area (Å²) < 4.78 is 0. The van der Waals surface area contributed by atoms with Gasteiger partial charge in [0.2, 0.25) is 0 Å². The highest BCUT2D eigenvalue weighted by Crippen LogP contribution is 2.66. The third kappa shape index (κ3) is 14.2. The summed E-state index contributed by atoms with van der Waals surface area (Å²) in [5.74, 6) is 0. The minimum absolute atomic E-state index is 0.507. The summed E-state index contributed by atoms with van der Waals surface area (Å²) in [6.07, 6.45) is 37.3. The molecule has 0 fully saturated rings. The number of rotatable bonds is 34. The first kappa shape index (κ1) is 70.8. The van der Waals surface area contributed by atoms with E-state index in [1.165, 1.54) is 288 Å². The SMILES string of the molecule is CCCCCCC1=CC=C(c2cc(-c3cc(-c4ccc(CCCCCC)s4)c(-c4ccc(-c5cc6c(s5)-c5cc7c(cc5C6(c5ccc(CCCCCC)cc5)c5ccc(CCCCCC)cc5)-c5sc(C)cc5C7(c5ccc(C)cc5)c5ccc(CCCCCC)cc5)s4)s3)sc2C)C1. The first-order valence-corrected chi connectivity index (χ1v) is 43.6. The van der Waals surface area contributed by atoms with Gasteiger partial charge in [-0.15, -0.1) is 68.0 Å². The van der Waals surface area contributed by atoms with Crippen molar-refractivity contribution in [2.45, 2.75) is 233 Å². The first-order chi connectivity index (χ1) is 49.0. The second-order valence-electron chi connectivity index (χ2n) is 29.5. The van der Waals surface area contributed by atoms with E-state index in [4.69, 9.17) is 0 Å². The highest BCUT2D eigenvalue weighted by Gasteiger charge is 2.53. The van der Waals surface area contributed by atoms with E-state index in [-0.39, 0.29) is 0 Å². The van der Waals surface area contributed by atoms with Gasteiger partial charge in [0.25, 0.3) is 0 Å². The number of hydrogen-bond donors (Lipinski definition) is 0. The number of hydrogen-bond acceptors (Lipinski definition) is 6. The van der Waals surface area contributed by atoms with Gasteiger partial charge in [0.1, 0.15) is 0 Å². The zero-order valence-corrected chi connectivity index (χ0v) is 65.9. The number of allylic oxidation sites excluding steroid dienone is 4. The van der Waals surface area contributed by atoms with Crippen molar-refractivity contribution in [3.8, 4) is 60.6 Å². The summed E-state index contributed by atoms with van der Waals surface area (Å²) in [5.41, 5.74) is 24.4. The van der Waals surface area contributed by atoms with Gasteiger partial charge in [0.05, 0.1) is 15.7 Å². The van der Waals surface area contributed by atoms with Gasteiger partial charge < -0.3 is 0 Å². The smallest absolute Gasteiger partial charge is 0.0722 e. The Labute approximate surface area is 624 Å². The molecule has 0 saturated carbocycles. The maximum absolute atomic E-state index is 2.74. The summed E-state index contributed by atoms with van der Waals surface area (Å²) in [6, 6.07) is 65.4. The van der Waals surface area contributed by atoms with E-state index in [2.05, 4.69) is 225 Å². The minimum atomic E-state index is -0.571. The fourth-order valence-corrected chi connectivity index (χ4v) is 23.8. The molecule has 0 bridgehead atoms. The highest BCUT2D eigenvalue weighted by atomic mass is 32.1. The van der Waals surface area contributed by atoms with Gasteiger partial charge in [-0.25, -0.2) is 0 Å². The second-order valence-corrected chi connectivity index (χ2v) is 36.3. The van der Waals surface area contributed by atoms with E-state index in [0.29, 0.717) is 0 Å². The molecule has 11 aromatic rings. The minimum Gasteiger partial charge on any atom is -0.140 e. The maximum Gasteiger partial charge on any atom is 0.0722 e. The predicted molar refractivity (Wildman–Crippen MR) is 445 cm³/mol. The molecular formula is C94H104S6. The van der Waals surface area contributed by atoms with Crippen LogP contribution in [0.4, 0.5) is 0 Å². The molecule has 6 heterocycles. The average Bonchev–Trinajstić information content (AvgIpc) is 1.50. The molecule has 0 radical (unpaired) electrons. The fraction of sp³-hybridized carbons (Fsp3) is 0.383. The van der Waals surface area contributed by atoms with Gasteiger partial charge in [-0.05, 0) is 236 Å². The van der Waals surface area contributed by atoms with Crippen molar-refractivity contribution in [2.24, 2.45) is 0 Å². The van der Waals surface area contributed by atoms with Crippen molar-refractivity contribution < 1.29 is 0 Å². The van der Waals surface area contributed by atoms with Crippen molar-refractivity contribution in [3.63, 3.8) is 0 Å². The third-order valence-electron chi connectivity index (χ3n) is 22.3. The molecule has 6 aromatic heterocycles. The number of thiophene rings is 6. The third-order valence-corrected chi connectivity index (χ3v) is 29.5. The van der Waals surface area contributed by atoms with E-state index >= 15 is 0 Å². The molecule has 3 aliphatic rings. The van der Waals surface area contributed by atoms with Crippen LogP contribution in [0.5, 0.6) is 0 Å². The summed E-state index contributed by atoms with van der Waals surface area (Å²) >= 11 is 12.1.